The molecule has 2 heterocycles. The summed E-state index contributed by atoms with van der Waals surface area (Å²) in [6, 6.07) is 9.72. The maximum atomic E-state index is 12.3. The molecule has 25 heavy (non-hydrogen) atoms. The van der Waals surface area contributed by atoms with Crippen molar-refractivity contribution in [3.05, 3.63) is 52.2 Å². The zero-order chi connectivity index (χ0) is 18.1. The van der Waals surface area contributed by atoms with Crippen LogP contribution in [0.1, 0.15) is 32.7 Å². The second kappa shape index (κ2) is 6.78. The van der Waals surface area contributed by atoms with Crippen LogP contribution in [-0.4, -0.2) is 33.1 Å². The van der Waals surface area contributed by atoms with E-state index in [1.807, 2.05) is 30.3 Å². The van der Waals surface area contributed by atoms with Gasteiger partial charge in [-0.25, -0.2) is 0 Å². The summed E-state index contributed by atoms with van der Waals surface area (Å²) in [5.41, 5.74) is 1.48. The molecule has 0 bridgehead atoms. The summed E-state index contributed by atoms with van der Waals surface area (Å²) in [6.45, 7) is 3.42. The van der Waals surface area contributed by atoms with Crippen LogP contribution in [-0.2, 0) is 11.8 Å². The van der Waals surface area contributed by atoms with Crippen molar-refractivity contribution in [2.45, 2.75) is 20.0 Å². The van der Waals surface area contributed by atoms with Crippen LogP contribution in [0.4, 0.5) is 0 Å². The number of rotatable bonds is 5. The van der Waals surface area contributed by atoms with Crippen LogP contribution >= 0.6 is 11.3 Å². The van der Waals surface area contributed by atoms with Gasteiger partial charge in [0.05, 0.1) is 11.3 Å². The number of hydrogen-bond acceptors (Lipinski definition) is 5. The Hall–Kier alpha value is -2.51. The van der Waals surface area contributed by atoms with Gasteiger partial charge in [0.1, 0.15) is 6.10 Å². The summed E-state index contributed by atoms with van der Waals surface area (Å²) in [5, 5.41) is 18.0. The predicted octanol–water partition coefficient (Wildman–Crippen LogP) is 2.28. The normalized spacial score (nSPS) is 12.3. The van der Waals surface area contributed by atoms with E-state index in [1.165, 1.54) is 11.3 Å². The number of benzene rings is 1. The molecule has 0 saturated carbocycles. The summed E-state index contributed by atoms with van der Waals surface area (Å²) in [6.07, 6.45) is -0.856. The predicted molar refractivity (Wildman–Crippen MR) is 96.8 cm³/mol. The largest absolute Gasteiger partial charge is 0.386 e. The average molecular weight is 357 g/mol. The number of nitrogens with one attached hydrogen (secondary N) is 1. The van der Waals surface area contributed by atoms with Crippen molar-refractivity contribution in [3.8, 4) is 0 Å². The molecule has 0 aliphatic carbocycles. The van der Waals surface area contributed by atoms with Crippen LogP contribution < -0.4 is 5.32 Å². The average Bonchev–Trinajstić information content (AvgIpc) is 3.13. The van der Waals surface area contributed by atoms with E-state index in [0.717, 1.165) is 15.0 Å². The molecule has 6 nitrogen and oxygen atoms in total. The maximum Gasteiger partial charge on any atom is 0.292 e. The highest BCUT2D eigenvalue weighted by atomic mass is 32.1. The highest BCUT2D eigenvalue weighted by Gasteiger charge is 2.24. The number of aryl methyl sites for hydroxylation is 2. The van der Waals surface area contributed by atoms with Crippen molar-refractivity contribution in [2.75, 3.05) is 6.54 Å². The quantitative estimate of drug-likeness (QED) is 0.542. The lowest BCUT2D eigenvalue weighted by atomic mass is 10.1. The van der Waals surface area contributed by atoms with Crippen molar-refractivity contribution in [3.63, 3.8) is 0 Å². The van der Waals surface area contributed by atoms with Crippen LogP contribution in [0.25, 0.3) is 10.1 Å². The first-order valence-electron chi connectivity index (χ1n) is 7.87. The fraction of sp³-hybridized carbons (Fsp3) is 0.278. The van der Waals surface area contributed by atoms with E-state index in [4.69, 9.17) is 0 Å². The number of hydrogen-bond donors (Lipinski definition) is 2. The molecule has 3 rings (SSSR count). The van der Waals surface area contributed by atoms with Gasteiger partial charge in [0.2, 0.25) is 0 Å². The fourth-order valence-electron chi connectivity index (χ4n) is 2.75. The van der Waals surface area contributed by atoms with Gasteiger partial charge in [-0.15, -0.1) is 11.3 Å². The van der Waals surface area contributed by atoms with E-state index in [-0.39, 0.29) is 6.54 Å². The minimum atomic E-state index is -0.856. The Kier molecular flexibility index (Phi) is 4.69. The van der Waals surface area contributed by atoms with Crippen molar-refractivity contribution in [2.24, 2.45) is 7.05 Å². The van der Waals surface area contributed by atoms with Gasteiger partial charge >= 0.3 is 0 Å². The topological polar surface area (TPSA) is 84.2 Å². The lowest BCUT2D eigenvalue weighted by molar-refractivity contribution is -0.117. The smallest absolute Gasteiger partial charge is 0.292 e. The first kappa shape index (κ1) is 17.3. The second-order valence-electron chi connectivity index (χ2n) is 5.91. The van der Waals surface area contributed by atoms with Crippen LogP contribution in [0.5, 0.6) is 0 Å². The first-order chi connectivity index (χ1) is 11.9. The number of Topliss-reactive ketones (excluding diaryl/α,β-unsaturated/α-hetero) is 1. The minimum absolute atomic E-state index is 0.0181. The molecule has 2 aromatic heterocycles. The molecule has 0 spiro atoms. The number of fused-ring (bicyclic) bond motifs is 1. The number of ketones is 1. The third-order valence-electron chi connectivity index (χ3n) is 4.17. The monoisotopic (exact) mass is 357 g/mol. The zero-order valence-electron chi connectivity index (χ0n) is 14.2. The molecule has 7 heteroatoms. The van der Waals surface area contributed by atoms with Crippen molar-refractivity contribution in [1.29, 1.82) is 0 Å². The lowest BCUT2D eigenvalue weighted by Crippen LogP contribution is -2.34. The number of nitrogens with zero attached hydrogens (tertiary/aromatic N) is 2. The molecule has 0 saturated heterocycles. The lowest BCUT2D eigenvalue weighted by Gasteiger charge is -2.09. The first-order valence-corrected chi connectivity index (χ1v) is 8.69. The van der Waals surface area contributed by atoms with Gasteiger partial charge in [-0.05, 0) is 31.4 Å². The Morgan fingerprint density at radius 3 is 2.68 bits per heavy atom. The molecule has 0 fully saturated rings. The zero-order valence-corrected chi connectivity index (χ0v) is 15.1. The van der Waals surface area contributed by atoms with Gasteiger partial charge in [-0.2, -0.15) is 5.10 Å². The van der Waals surface area contributed by atoms with E-state index in [2.05, 4.69) is 10.4 Å². The van der Waals surface area contributed by atoms with Gasteiger partial charge in [0.15, 0.2) is 0 Å². The van der Waals surface area contributed by atoms with Gasteiger partial charge in [0, 0.05) is 28.9 Å². The van der Waals surface area contributed by atoms with E-state index in [9.17, 15) is 14.7 Å². The highest BCUT2D eigenvalue weighted by molar-refractivity contribution is 7.19. The fourth-order valence-corrected chi connectivity index (χ4v) is 3.80. The summed E-state index contributed by atoms with van der Waals surface area (Å²) >= 11 is 1.47. The number of aliphatic hydroxyl groups is 1. The van der Waals surface area contributed by atoms with E-state index in [0.29, 0.717) is 17.0 Å². The Morgan fingerprint density at radius 2 is 2.04 bits per heavy atom. The van der Waals surface area contributed by atoms with Crippen LogP contribution in [0.2, 0.25) is 0 Å². The van der Waals surface area contributed by atoms with Crippen molar-refractivity contribution >= 4 is 33.1 Å². The Morgan fingerprint density at radius 1 is 1.32 bits per heavy atom. The maximum absolute atomic E-state index is 12.3. The minimum Gasteiger partial charge on any atom is -0.386 e. The molecule has 0 radical (unpaired) electrons. The molecule has 3 aromatic rings. The Balaban J connectivity index is 1.68. The molecule has 1 amide bonds. The Labute approximate surface area is 149 Å². The molecule has 1 atom stereocenters. The third-order valence-corrected chi connectivity index (χ3v) is 5.39. The van der Waals surface area contributed by atoms with Crippen LogP contribution in [0.3, 0.4) is 0 Å². The van der Waals surface area contributed by atoms with Crippen molar-refractivity contribution < 1.29 is 14.7 Å². The highest BCUT2D eigenvalue weighted by Crippen LogP contribution is 2.29. The van der Waals surface area contributed by atoms with Crippen LogP contribution in [0.15, 0.2) is 30.3 Å². The number of carbonyl (C=O) groups excluding carboxylic acids is 2. The number of aliphatic hydroxyl groups excluding tert-OH is 1. The number of thiophene rings is 1. The Bertz CT molecular complexity index is 925. The molecule has 1 aromatic carbocycles. The van der Waals surface area contributed by atoms with Gasteiger partial charge in [0.25, 0.3) is 11.7 Å². The van der Waals surface area contributed by atoms with E-state index in [1.54, 1.807) is 25.6 Å². The molecule has 0 unspecified atom stereocenters. The summed E-state index contributed by atoms with van der Waals surface area (Å²) in [7, 11) is 1.72. The van der Waals surface area contributed by atoms with Gasteiger partial charge in [-0.3, -0.25) is 14.3 Å². The molecular formula is C18H19N3O3S. The van der Waals surface area contributed by atoms with Crippen molar-refractivity contribution in [1.82, 2.24) is 15.1 Å². The SMILES string of the molecule is Cc1nn(C)c(C)c1C(=O)C(=O)NC[C@@H](O)c1cc2ccccc2s1. The van der Waals surface area contributed by atoms with Gasteiger partial charge < -0.3 is 10.4 Å². The molecular weight excluding hydrogens is 338 g/mol. The van der Waals surface area contributed by atoms with Crippen LogP contribution in [0, 0.1) is 13.8 Å². The number of aromatic nitrogens is 2. The standard InChI is InChI=1S/C18H19N3O3S/c1-10-16(11(2)21(3)20-10)17(23)18(24)19-9-13(22)15-8-12-6-4-5-7-14(12)25-15/h4-8,13,22H,9H2,1-3H3,(H,19,24)/t13-/m1/s1. The summed E-state index contributed by atoms with van der Waals surface area (Å²) in [4.78, 5) is 25.3. The number of carbonyl (C=O) groups is 2. The molecule has 0 aliphatic rings. The molecule has 0 aliphatic heterocycles. The third kappa shape index (κ3) is 3.33. The molecule has 2 N–H and O–H groups in total. The summed E-state index contributed by atoms with van der Waals surface area (Å²) < 4.78 is 2.64. The van der Waals surface area contributed by atoms with E-state index < -0.39 is 17.8 Å². The van der Waals surface area contributed by atoms with Gasteiger partial charge in [-0.1, -0.05) is 18.2 Å². The molecule has 130 valence electrons. The summed E-state index contributed by atoms with van der Waals surface area (Å²) in [5.74, 6) is -1.37. The second-order valence-corrected chi connectivity index (χ2v) is 7.03. The number of amides is 1. The van der Waals surface area contributed by atoms with E-state index >= 15 is 0 Å².